The van der Waals surface area contributed by atoms with Crippen LogP contribution in [-0.4, -0.2) is 20.2 Å². The third-order valence-corrected chi connectivity index (χ3v) is 4.76. The zero-order chi connectivity index (χ0) is 13.3. The summed E-state index contributed by atoms with van der Waals surface area (Å²) < 4.78 is 22.7. The lowest BCUT2D eigenvalue weighted by atomic mass is 10.0. The van der Waals surface area contributed by atoms with E-state index in [0.717, 1.165) is 0 Å². The SMILES string of the molecule is O=S1(=O)C=CC(NCc2cccc3ccccc23)C1. The first-order chi connectivity index (χ1) is 9.14. The molecule has 3 rings (SSSR count). The zero-order valence-corrected chi connectivity index (χ0v) is 11.2. The highest BCUT2D eigenvalue weighted by Crippen LogP contribution is 2.18. The molecule has 1 unspecified atom stereocenters. The highest BCUT2D eigenvalue weighted by Gasteiger charge is 2.20. The molecule has 0 fully saturated rings. The standard InChI is InChI=1S/C15H15NO2S/c17-19(18)9-8-14(11-19)16-10-13-6-3-5-12-4-1-2-7-15(12)13/h1-9,14,16H,10-11H2. The Labute approximate surface area is 112 Å². The predicted octanol–water partition coefficient (Wildman–Crippen LogP) is 2.24. The van der Waals surface area contributed by atoms with Crippen molar-refractivity contribution in [2.75, 3.05) is 5.75 Å². The molecular formula is C15H15NO2S. The van der Waals surface area contributed by atoms with Gasteiger partial charge in [-0.1, -0.05) is 48.5 Å². The monoisotopic (exact) mass is 273 g/mol. The maximum absolute atomic E-state index is 11.3. The maximum atomic E-state index is 11.3. The van der Waals surface area contributed by atoms with Gasteiger partial charge in [-0.3, -0.25) is 0 Å². The van der Waals surface area contributed by atoms with E-state index in [4.69, 9.17) is 0 Å². The van der Waals surface area contributed by atoms with Gasteiger partial charge in [-0.05, 0) is 16.3 Å². The van der Waals surface area contributed by atoms with Crippen LogP contribution >= 0.6 is 0 Å². The van der Waals surface area contributed by atoms with E-state index in [1.807, 2.05) is 18.2 Å². The normalized spacial score (nSPS) is 20.9. The first kappa shape index (κ1) is 12.4. The van der Waals surface area contributed by atoms with E-state index in [9.17, 15) is 8.42 Å². The molecule has 98 valence electrons. The van der Waals surface area contributed by atoms with Crippen LogP contribution in [-0.2, 0) is 16.4 Å². The van der Waals surface area contributed by atoms with Crippen LogP contribution in [0.3, 0.4) is 0 Å². The number of fused-ring (bicyclic) bond motifs is 1. The molecule has 1 N–H and O–H groups in total. The Kier molecular flexibility index (Phi) is 3.12. The van der Waals surface area contributed by atoms with Gasteiger partial charge < -0.3 is 5.32 Å². The van der Waals surface area contributed by atoms with Gasteiger partial charge >= 0.3 is 0 Å². The molecule has 0 aliphatic carbocycles. The summed E-state index contributed by atoms with van der Waals surface area (Å²) in [6, 6.07) is 14.3. The van der Waals surface area contributed by atoms with Crippen LogP contribution in [0, 0.1) is 0 Å². The van der Waals surface area contributed by atoms with Crippen molar-refractivity contribution in [1.82, 2.24) is 5.32 Å². The average Bonchev–Trinajstić information content (AvgIpc) is 2.76. The van der Waals surface area contributed by atoms with Crippen LogP contribution in [0.25, 0.3) is 10.8 Å². The van der Waals surface area contributed by atoms with Crippen LogP contribution in [0.4, 0.5) is 0 Å². The van der Waals surface area contributed by atoms with E-state index in [0.29, 0.717) is 6.54 Å². The summed E-state index contributed by atoms with van der Waals surface area (Å²) in [4.78, 5) is 0. The number of benzene rings is 2. The van der Waals surface area contributed by atoms with Crippen LogP contribution in [0.15, 0.2) is 53.9 Å². The molecule has 0 saturated carbocycles. The summed E-state index contributed by atoms with van der Waals surface area (Å²) in [7, 11) is -2.99. The van der Waals surface area contributed by atoms with Crippen molar-refractivity contribution >= 4 is 20.6 Å². The van der Waals surface area contributed by atoms with Gasteiger partial charge in [0.1, 0.15) is 0 Å². The van der Waals surface area contributed by atoms with Crippen LogP contribution in [0.5, 0.6) is 0 Å². The van der Waals surface area contributed by atoms with Crippen molar-refractivity contribution in [3.8, 4) is 0 Å². The van der Waals surface area contributed by atoms with Gasteiger partial charge in [-0.2, -0.15) is 0 Å². The summed E-state index contributed by atoms with van der Waals surface area (Å²) >= 11 is 0. The lowest BCUT2D eigenvalue weighted by Gasteiger charge is -2.11. The van der Waals surface area contributed by atoms with E-state index < -0.39 is 9.84 Å². The second kappa shape index (κ2) is 4.79. The van der Waals surface area contributed by atoms with E-state index in [1.165, 1.54) is 21.7 Å². The summed E-state index contributed by atoms with van der Waals surface area (Å²) in [6.07, 6.45) is 1.72. The highest BCUT2D eigenvalue weighted by molar-refractivity contribution is 7.94. The Morgan fingerprint density at radius 2 is 1.89 bits per heavy atom. The van der Waals surface area contributed by atoms with Gasteiger partial charge in [0.15, 0.2) is 9.84 Å². The van der Waals surface area contributed by atoms with Crippen molar-refractivity contribution in [1.29, 1.82) is 0 Å². The average molecular weight is 273 g/mol. The minimum atomic E-state index is -2.99. The zero-order valence-electron chi connectivity index (χ0n) is 10.4. The minimum Gasteiger partial charge on any atom is -0.305 e. The Bertz CT molecular complexity index is 729. The highest BCUT2D eigenvalue weighted by atomic mass is 32.2. The molecule has 4 heteroatoms. The lowest BCUT2D eigenvalue weighted by molar-refractivity contribution is 0.591. The largest absolute Gasteiger partial charge is 0.305 e. The molecule has 1 atom stereocenters. The number of sulfone groups is 1. The Hall–Kier alpha value is -1.65. The third kappa shape index (κ3) is 2.69. The molecule has 0 saturated heterocycles. The molecule has 1 aliphatic rings. The smallest absolute Gasteiger partial charge is 0.173 e. The molecule has 0 radical (unpaired) electrons. The van der Waals surface area contributed by atoms with Crippen LogP contribution < -0.4 is 5.32 Å². The fraction of sp³-hybridized carbons (Fsp3) is 0.200. The molecule has 1 aliphatic heterocycles. The molecule has 0 bridgehead atoms. The third-order valence-electron chi connectivity index (χ3n) is 3.36. The van der Waals surface area contributed by atoms with Crippen molar-refractivity contribution in [2.24, 2.45) is 0 Å². The Balaban J connectivity index is 1.78. The second-order valence-corrected chi connectivity index (χ2v) is 6.71. The Morgan fingerprint density at radius 1 is 1.11 bits per heavy atom. The Morgan fingerprint density at radius 3 is 2.68 bits per heavy atom. The molecule has 19 heavy (non-hydrogen) atoms. The number of nitrogens with one attached hydrogen (secondary N) is 1. The van der Waals surface area contributed by atoms with Crippen molar-refractivity contribution in [3.05, 3.63) is 59.5 Å². The summed E-state index contributed by atoms with van der Waals surface area (Å²) in [5, 5.41) is 6.99. The van der Waals surface area contributed by atoms with Crippen LogP contribution in [0.2, 0.25) is 0 Å². The topological polar surface area (TPSA) is 46.2 Å². The fourth-order valence-corrected chi connectivity index (χ4v) is 3.66. The number of hydrogen-bond donors (Lipinski definition) is 1. The van der Waals surface area contributed by atoms with Gasteiger partial charge in [0.2, 0.25) is 0 Å². The second-order valence-electron chi connectivity index (χ2n) is 4.78. The fourth-order valence-electron chi connectivity index (χ4n) is 2.39. The number of hydrogen-bond acceptors (Lipinski definition) is 3. The van der Waals surface area contributed by atoms with Crippen LogP contribution in [0.1, 0.15) is 5.56 Å². The van der Waals surface area contributed by atoms with Gasteiger partial charge in [0.25, 0.3) is 0 Å². The van der Waals surface area contributed by atoms with E-state index in [1.54, 1.807) is 6.08 Å². The molecule has 2 aromatic carbocycles. The van der Waals surface area contributed by atoms with Crippen molar-refractivity contribution < 1.29 is 8.42 Å². The molecule has 0 aromatic heterocycles. The molecular weight excluding hydrogens is 258 g/mol. The molecule has 3 nitrogen and oxygen atoms in total. The van der Waals surface area contributed by atoms with E-state index in [-0.39, 0.29) is 11.8 Å². The van der Waals surface area contributed by atoms with Gasteiger partial charge in [-0.25, -0.2) is 8.42 Å². The minimum absolute atomic E-state index is 0.0797. The summed E-state index contributed by atoms with van der Waals surface area (Å²) in [6.45, 7) is 0.672. The van der Waals surface area contributed by atoms with Crippen molar-refractivity contribution in [2.45, 2.75) is 12.6 Å². The van der Waals surface area contributed by atoms with E-state index in [2.05, 4.69) is 29.6 Å². The first-order valence-electron chi connectivity index (χ1n) is 6.25. The molecule has 0 spiro atoms. The molecule has 0 amide bonds. The predicted molar refractivity (Wildman–Crippen MR) is 77.5 cm³/mol. The van der Waals surface area contributed by atoms with Gasteiger partial charge in [-0.15, -0.1) is 0 Å². The first-order valence-corrected chi connectivity index (χ1v) is 7.97. The van der Waals surface area contributed by atoms with Gasteiger partial charge in [0, 0.05) is 18.0 Å². The molecule has 1 heterocycles. The van der Waals surface area contributed by atoms with E-state index >= 15 is 0 Å². The quantitative estimate of drug-likeness (QED) is 0.933. The summed E-state index contributed by atoms with van der Waals surface area (Å²) in [5.41, 5.74) is 1.19. The van der Waals surface area contributed by atoms with Crippen molar-refractivity contribution in [3.63, 3.8) is 0 Å². The lowest BCUT2D eigenvalue weighted by Crippen LogP contribution is -2.29. The maximum Gasteiger partial charge on any atom is 0.173 e. The molecule has 2 aromatic rings. The summed E-state index contributed by atoms with van der Waals surface area (Å²) in [5.74, 6) is 0.164. The van der Waals surface area contributed by atoms with Gasteiger partial charge in [0.05, 0.1) is 5.75 Å². The number of rotatable bonds is 3.